The molecule has 3 aromatic rings. The minimum absolute atomic E-state index is 0.143. The van der Waals surface area contributed by atoms with Crippen molar-refractivity contribution in [3.63, 3.8) is 0 Å². The highest BCUT2D eigenvalue weighted by Crippen LogP contribution is 2.18. The summed E-state index contributed by atoms with van der Waals surface area (Å²) in [6, 6.07) is 17.8. The SMILES string of the molecule is CNCCCOc1cc(C(=O)Nc2ccc(O)cc2)n(Cc2ccccc2)n1. The predicted octanol–water partition coefficient (Wildman–Crippen LogP) is 2.88. The van der Waals surface area contributed by atoms with Crippen LogP contribution in [0.25, 0.3) is 0 Å². The van der Waals surface area contributed by atoms with Crippen LogP contribution < -0.4 is 15.4 Å². The Kier molecular flexibility index (Phi) is 6.64. The van der Waals surface area contributed by atoms with Crippen molar-refractivity contribution in [2.75, 3.05) is 25.5 Å². The van der Waals surface area contributed by atoms with Gasteiger partial charge in [0.15, 0.2) is 0 Å². The van der Waals surface area contributed by atoms with Gasteiger partial charge in [-0.15, -0.1) is 5.10 Å². The summed E-state index contributed by atoms with van der Waals surface area (Å²) in [5.74, 6) is 0.270. The highest BCUT2D eigenvalue weighted by atomic mass is 16.5. The van der Waals surface area contributed by atoms with Gasteiger partial charge >= 0.3 is 0 Å². The number of amides is 1. The van der Waals surface area contributed by atoms with Gasteiger partial charge < -0.3 is 20.5 Å². The number of carbonyl (C=O) groups excluding carboxylic acids is 1. The first-order valence-electron chi connectivity index (χ1n) is 9.15. The Morgan fingerprint density at radius 3 is 2.61 bits per heavy atom. The standard InChI is InChI=1S/C21H24N4O3/c1-22-12-5-13-28-20-14-19(21(27)23-17-8-10-18(26)11-9-17)25(24-20)15-16-6-3-2-4-7-16/h2-4,6-11,14,22,26H,5,12-13,15H2,1H3,(H,23,27). The van der Waals surface area contributed by atoms with Gasteiger partial charge in [-0.1, -0.05) is 30.3 Å². The van der Waals surface area contributed by atoms with Crippen molar-refractivity contribution in [3.05, 3.63) is 71.9 Å². The number of carbonyl (C=O) groups is 1. The number of nitrogens with one attached hydrogen (secondary N) is 2. The molecule has 3 N–H and O–H groups in total. The number of phenols is 1. The monoisotopic (exact) mass is 380 g/mol. The molecule has 7 nitrogen and oxygen atoms in total. The van der Waals surface area contributed by atoms with Crippen LogP contribution in [0.5, 0.6) is 11.6 Å². The van der Waals surface area contributed by atoms with Crippen LogP contribution in [0, 0.1) is 0 Å². The van der Waals surface area contributed by atoms with Gasteiger partial charge in [0.1, 0.15) is 11.4 Å². The molecular weight excluding hydrogens is 356 g/mol. The van der Waals surface area contributed by atoms with E-state index in [0.29, 0.717) is 30.4 Å². The molecule has 0 aliphatic rings. The van der Waals surface area contributed by atoms with Gasteiger partial charge in [0.05, 0.1) is 13.2 Å². The third kappa shape index (κ3) is 5.34. The molecule has 0 fully saturated rings. The molecule has 146 valence electrons. The van der Waals surface area contributed by atoms with Gasteiger partial charge in [-0.2, -0.15) is 0 Å². The summed E-state index contributed by atoms with van der Waals surface area (Å²) < 4.78 is 7.34. The van der Waals surface area contributed by atoms with Gasteiger partial charge in [0, 0.05) is 11.8 Å². The Morgan fingerprint density at radius 2 is 1.89 bits per heavy atom. The summed E-state index contributed by atoms with van der Waals surface area (Å²) in [5.41, 5.74) is 2.03. The number of anilines is 1. The summed E-state index contributed by atoms with van der Waals surface area (Å²) in [5, 5.41) is 19.7. The second-order valence-corrected chi connectivity index (χ2v) is 6.32. The molecule has 0 unspecified atom stereocenters. The average Bonchev–Trinajstić information content (AvgIpc) is 3.10. The molecule has 3 rings (SSSR count). The van der Waals surface area contributed by atoms with E-state index >= 15 is 0 Å². The summed E-state index contributed by atoms with van der Waals surface area (Å²) in [7, 11) is 1.89. The molecule has 1 heterocycles. The first-order valence-corrected chi connectivity index (χ1v) is 9.15. The van der Waals surface area contributed by atoms with E-state index in [1.165, 1.54) is 12.1 Å². The van der Waals surface area contributed by atoms with E-state index in [1.807, 2.05) is 37.4 Å². The number of aromatic nitrogens is 2. The molecule has 0 saturated heterocycles. The van der Waals surface area contributed by atoms with Gasteiger partial charge in [-0.3, -0.25) is 9.48 Å². The molecule has 1 amide bonds. The second-order valence-electron chi connectivity index (χ2n) is 6.32. The molecule has 0 radical (unpaired) electrons. The number of aromatic hydroxyl groups is 1. The van der Waals surface area contributed by atoms with Crippen LogP contribution in [0.1, 0.15) is 22.5 Å². The summed E-state index contributed by atoms with van der Waals surface area (Å²) in [4.78, 5) is 12.8. The molecule has 1 aromatic heterocycles. The van der Waals surface area contributed by atoms with Crippen molar-refractivity contribution in [1.29, 1.82) is 0 Å². The van der Waals surface area contributed by atoms with Crippen LogP contribution in [0.15, 0.2) is 60.7 Å². The summed E-state index contributed by atoms with van der Waals surface area (Å²) in [6.07, 6.45) is 0.844. The molecule has 0 atom stereocenters. The van der Waals surface area contributed by atoms with E-state index in [-0.39, 0.29) is 11.7 Å². The number of nitrogens with zero attached hydrogens (tertiary/aromatic N) is 2. The van der Waals surface area contributed by atoms with Crippen LogP contribution in [0.3, 0.4) is 0 Å². The van der Waals surface area contributed by atoms with E-state index in [1.54, 1.807) is 22.9 Å². The zero-order valence-electron chi connectivity index (χ0n) is 15.8. The molecule has 7 heteroatoms. The topological polar surface area (TPSA) is 88.4 Å². The van der Waals surface area contributed by atoms with Crippen LogP contribution in [0.4, 0.5) is 5.69 Å². The minimum atomic E-state index is -0.292. The fourth-order valence-electron chi connectivity index (χ4n) is 2.69. The van der Waals surface area contributed by atoms with E-state index in [9.17, 15) is 9.90 Å². The highest BCUT2D eigenvalue weighted by molar-refractivity contribution is 6.03. The largest absolute Gasteiger partial charge is 0.508 e. The molecule has 0 saturated carbocycles. The van der Waals surface area contributed by atoms with Crippen molar-refractivity contribution >= 4 is 11.6 Å². The normalized spacial score (nSPS) is 10.6. The molecule has 2 aromatic carbocycles. The predicted molar refractivity (Wildman–Crippen MR) is 108 cm³/mol. The lowest BCUT2D eigenvalue weighted by atomic mass is 10.2. The Balaban J connectivity index is 1.78. The molecule has 0 aliphatic heterocycles. The van der Waals surface area contributed by atoms with Crippen molar-refractivity contribution < 1.29 is 14.6 Å². The molecule has 0 aliphatic carbocycles. The average molecular weight is 380 g/mol. The van der Waals surface area contributed by atoms with Crippen molar-refractivity contribution in [2.45, 2.75) is 13.0 Å². The third-order valence-electron chi connectivity index (χ3n) is 4.11. The smallest absolute Gasteiger partial charge is 0.274 e. The van der Waals surface area contributed by atoms with E-state index < -0.39 is 0 Å². The Labute approximate surface area is 164 Å². The van der Waals surface area contributed by atoms with Crippen LogP contribution >= 0.6 is 0 Å². The van der Waals surface area contributed by atoms with Gasteiger partial charge in [-0.25, -0.2) is 0 Å². The lowest BCUT2D eigenvalue weighted by Gasteiger charge is -2.08. The van der Waals surface area contributed by atoms with Crippen LogP contribution in [0.2, 0.25) is 0 Å². The van der Waals surface area contributed by atoms with Crippen molar-refractivity contribution in [1.82, 2.24) is 15.1 Å². The zero-order valence-corrected chi connectivity index (χ0v) is 15.8. The fourth-order valence-corrected chi connectivity index (χ4v) is 2.69. The van der Waals surface area contributed by atoms with Crippen molar-refractivity contribution in [3.8, 4) is 11.6 Å². The minimum Gasteiger partial charge on any atom is -0.508 e. The maximum absolute atomic E-state index is 12.8. The quantitative estimate of drug-likeness (QED) is 0.392. The molecule has 28 heavy (non-hydrogen) atoms. The summed E-state index contributed by atoms with van der Waals surface area (Å²) in [6.45, 7) is 1.82. The number of rotatable bonds is 9. The number of hydrogen-bond donors (Lipinski definition) is 3. The Hall–Kier alpha value is -3.32. The number of hydrogen-bond acceptors (Lipinski definition) is 5. The first-order chi connectivity index (χ1) is 13.7. The van der Waals surface area contributed by atoms with E-state index in [0.717, 1.165) is 18.5 Å². The number of benzene rings is 2. The zero-order chi connectivity index (χ0) is 19.8. The fraction of sp³-hybridized carbons (Fsp3) is 0.238. The maximum Gasteiger partial charge on any atom is 0.274 e. The lowest BCUT2D eigenvalue weighted by molar-refractivity contribution is 0.101. The van der Waals surface area contributed by atoms with Crippen LogP contribution in [-0.2, 0) is 6.54 Å². The third-order valence-corrected chi connectivity index (χ3v) is 4.11. The lowest BCUT2D eigenvalue weighted by Crippen LogP contribution is -2.18. The number of phenolic OH excluding ortho intramolecular Hbond substituents is 1. The van der Waals surface area contributed by atoms with Gasteiger partial charge in [0.25, 0.3) is 5.91 Å². The Bertz CT molecular complexity index is 892. The summed E-state index contributed by atoms with van der Waals surface area (Å²) >= 11 is 0. The van der Waals surface area contributed by atoms with E-state index in [4.69, 9.17) is 4.74 Å². The van der Waals surface area contributed by atoms with E-state index in [2.05, 4.69) is 15.7 Å². The highest BCUT2D eigenvalue weighted by Gasteiger charge is 2.17. The second kappa shape index (κ2) is 9.57. The first kappa shape index (κ1) is 19.4. The maximum atomic E-state index is 12.8. The number of ether oxygens (including phenoxy) is 1. The Morgan fingerprint density at radius 1 is 1.14 bits per heavy atom. The molecule has 0 bridgehead atoms. The van der Waals surface area contributed by atoms with Gasteiger partial charge in [-0.05, 0) is 49.8 Å². The van der Waals surface area contributed by atoms with Crippen molar-refractivity contribution in [2.24, 2.45) is 0 Å². The van der Waals surface area contributed by atoms with Crippen LogP contribution in [-0.4, -0.2) is 41.0 Å². The molecule has 0 spiro atoms. The molecular formula is C21H24N4O3. The van der Waals surface area contributed by atoms with Gasteiger partial charge in [0.2, 0.25) is 5.88 Å².